The van der Waals surface area contributed by atoms with Crippen LogP contribution in [0, 0.1) is 5.92 Å². The Labute approximate surface area is 117 Å². The highest BCUT2D eigenvalue weighted by Gasteiger charge is 2.34. The molecule has 0 spiro atoms. The highest BCUT2D eigenvalue weighted by atomic mass is 16.5. The fourth-order valence-corrected chi connectivity index (χ4v) is 3.21. The van der Waals surface area contributed by atoms with Gasteiger partial charge in [-0.3, -0.25) is 19.4 Å². The normalized spacial score (nSPS) is 23.8. The lowest BCUT2D eigenvalue weighted by Crippen LogP contribution is -2.29. The summed E-state index contributed by atoms with van der Waals surface area (Å²) >= 11 is 0. The molecule has 6 heteroatoms. The van der Waals surface area contributed by atoms with E-state index in [0.717, 1.165) is 18.4 Å². The predicted molar refractivity (Wildman–Crippen MR) is 75.0 cm³/mol. The molecule has 2 N–H and O–H groups in total. The molecule has 1 aromatic rings. The molecule has 2 aliphatic heterocycles. The zero-order chi connectivity index (χ0) is 14.3. The summed E-state index contributed by atoms with van der Waals surface area (Å²) in [5, 5.41) is 5.80. The van der Waals surface area contributed by atoms with Crippen molar-refractivity contribution in [3.8, 4) is 0 Å². The molecule has 2 aliphatic rings. The molecule has 3 heterocycles. The van der Waals surface area contributed by atoms with E-state index in [1.165, 1.54) is 0 Å². The van der Waals surface area contributed by atoms with Crippen molar-refractivity contribution in [2.75, 3.05) is 18.5 Å². The van der Waals surface area contributed by atoms with Crippen molar-refractivity contribution in [2.45, 2.75) is 45.1 Å². The van der Waals surface area contributed by atoms with Gasteiger partial charge in [0.15, 0.2) is 0 Å². The molecule has 1 saturated heterocycles. The van der Waals surface area contributed by atoms with Gasteiger partial charge in [-0.1, -0.05) is 13.8 Å². The van der Waals surface area contributed by atoms with E-state index in [1.807, 2.05) is 4.68 Å². The number of carbonyl (C=O) groups is 1. The summed E-state index contributed by atoms with van der Waals surface area (Å²) in [5.74, 6) is 0.947. The third kappa shape index (κ3) is 2.18. The molecule has 0 saturated carbocycles. The van der Waals surface area contributed by atoms with Gasteiger partial charge in [-0.05, 0) is 18.8 Å². The van der Waals surface area contributed by atoms with Crippen molar-refractivity contribution in [2.24, 2.45) is 5.92 Å². The highest BCUT2D eigenvalue weighted by molar-refractivity contribution is 5.93. The number of hydrogen-bond acceptors (Lipinski definition) is 3. The molecule has 1 fully saturated rings. The Balaban J connectivity index is 2.04. The minimum absolute atomic E-state index is 0.00332. The molecule has 0 aliphatic carbocycles. The molecule has 110 valence electrons. The number of carbonyl (C=O) groups excluding carboxylic acids is 1. The van der Waals surface area contributed by atoms with Gasteiger partial charge in [0.05, 0.1) is 11.6 Å². The van der Waals surface area contributed by atoms with Crippen molar-refractivity contribution in [3.63, 3.8) is 0 Å². The lowest BCUT2D eigenvalue weighted by atomic mass is 9.84. The Kier molecular flexibility index (Phi) is 3.41. The monoisotopic (exact) mass is 279 g/mol. The van der Waals surface area contributed by atoms with Crippen molar-refractivity contribution in [1.29, 1.82) is 0 Å². The molecular formula is C14H21N3O3. The van der Waals surface area contributed by atoms with Crippen LogP contribution in [0.3, 0.4) is 0 Å². The number of fused-ring (bicyclic) bond motifs is 1. The molecule has 0 bridgehead atoms. The average Bonchev–Trinajstić information content (AvgIpc) is 2.76. The maximum Gasteiger partial charge on any atom is 0.269 e. The molecule has 6 nitrogen and oxygen atoms in total. The lowest BCUT2D eigenvalue weighted by Gasteiger charge is -2.29. The quantitative estimate of drug-likeness (QED) is 0.863. The SMILES string of the molecule is CC(C)C1CC(=O)Nc2c1c(=O)[nH]n2C1CCOCC1. The van der Waals surface area contributed by atoms with E-state index in [2.05, 4.69) is 24.3 Å². The Hall–Kier alpha value is -1.56. The Morgan fingerprint density at radius 3 is 2.60 bits per heavy atom. The number of rotatable bonds is 2. The highest BCUT2D eigenvalue weighted by Crippen LogP contribution is 2.37. The van der Waals surface area contributed by atoms with Crippen LogP contribution in [-0.4, -0.2) is 28.9 Å². The van der Waals surface area contributed by atoms with Gasteiger partial charge in [0.1, 0.15) is 5.82 Å². The number of nitrogens with one attached hydrogen (secondary N) is 2. The van der Waals surface area contributed by atoms with Crippen LogP contribution >= 0.6 is 0 Å². The third-order valence-electron chi connectivity index (χ3n) is 4.36. The molecule has 1 unspecified atom stereocenters. The lowest BCUT2D eigenvalue weighted by molar-refractivity contribution is -0.117. The molecule has 3 rings (SSSR count). The minimum Gasteiger partial charge on any atom is -0.381 e. The van der Waals surface area contributed by atoms with Crippen LogP contribution in [0.1, 0.15) is 50.6 Å². The number of ether oxygens (including phenoxy) is 1. The van der Waals surface area contributed by atoms with Gasteiger partial charge in [-0.25, -0.2) is 0 Å². The molecule has 20 heavy (non-hydrogen) atoms. The summed E-state index contributed by atoms with van der Waals surface area (Å²) in [6.45, 7) is 5.50. The Morgan fingerprint density at radius 1 is 1.25 bits per heavy atom. The number of nitrogens with zero attached hydrogens (tertiary/aromatic N) is 1. The second-order valence-electron chi connectivity index (χ2n) is 6.02. The van der Waals surface area contributed by atoms with E-state index in [1.54, 1.807) is 0 Å². The maximum absolute atomic E-state index is 12.3. The van der Waals surface area contributed by atoms with Crippen molar-refractivity contribution < 1.29 is 9.53 Å². The van der Waals surface area contributed by atoms with Gasteiger partial charge in [0.2, 0.25) is 5.91 Å². The van der Waals surface area contributed by atoms with E-state index in [9.17, 15) is 9.59 Å². The van der Waals surface area contributed by atoms with Gasteiger partial charge >= 0.3 is 0 Å². The summed E-state index contributed by atoms with van der Waals surface area (Å²) in [6, 6.07) is 0.200. The standard InChI is InChI=1S/C14H21N3O3/c1-8(2)10-7-11(18)15-13-12(10)14(19)16-17(13)9-3-5-20-6-4-9/h8-10H,3-7H2,1-2H3,(H,15,18)(H,16,19). The van der Waals surface area contributed by atoms with Crippen LogP contribution in [0.2, 0.25) is 0 Å². The molecule has 1 aromatic heterocycles. The van der Waals surface area contributed by atoms with Gasteiger partial charge in [-0.15, -0.1) is 0 Å². The van der Waals surface area contributed by atoms with E-state index in [0.29, 0.717) is 25.5 Å². The van der Waals surface area contributed by atoms with E-state index in [-0.39, 0.29) is 29.3 Å². The topological polar surface area (TPSA) is 76.1 Å². The summed E-state index contributed by atoms with van der Waals surface area (Å²) in [7, 11) is 0. The van der Waals surface area contributed by atoms with E-state index < -0.39 is 0 Å². The first-order valence-corrected chi connectivity index (χ1v) is 7.30. The predicted octanol–water partition coefficient (Wildman–Crippen LogP) is 1.61. The number of aromatic amines is 1. The number of anilines is 1. The molecule has 1 amide bonds. The van der Waals surface area contributed by atoms with Crippen LogP contribution in [0.5, 0.6) is 0 Å². The van der Waals surface area contributed by atoms with Gasteiger partial charge in [0.25, 0.3) is 5.56 Å². The molecular weight excluding hydrogens is 258 g/mol. The van der Waals surface area contributed by atoms with E-state index in [4.69, 9.17) is 4.74 Å². The van der Waals surface area contributed by atoms with E-state index >= 15 is 0 Å². The third-order valence-corrected chi connectivity index (χ3v) is 4.36. The first kappa shape index (κ1) is 13.4. The zero-order valence-corrected chi connectivity index (χ0v) is 11.9. The Morgan fingerprint density at radius 2 is 1.95 bits per heavy atom. The summed E-state index contributed by atoms with van der Waals surface area (Å²) in [4.78, 5) is 24.2. The minimum atomic E-state index is -0.0646. The van der Waals surface area contributed by atoms with Crippen molar-refractivity contribution >= 4 is 11.7 Å². The van der Waals surface area contributed by atoms with Crippen LogP contribution in [0.4, 0.5) is 5.82 Å². The molecule has 1 atom stereocenters. The zero-order valence-electron chi connectivity index (χ0n) is 11.9. The number of amides is 1. The fourth-order valence-electron chi connectivity index (χ4n) is 3.21. The summed E-state index contributed by atoms with van der Waals surface area (Å²) < 4.78 is 7.21. The van der Waals surface area contributed by atoms with Crippen molar-refractivity contribution in [3.05, 3.63) is 15.9 Å². The second kappa shape index (κ2) is 5.09. The van der Waals surface area contributed by atoms with Gasteiger partial charge < -0.3 is 10.1 Å². The maximum atomic E-state index is 12.3. The molecule has 0 aromatic carbocycles. The molecule has 0 radical (unpaired) electrons. The van der Waals surface area contributed by atoms with Crippen LogP contribution in [0.25, 0.3) is 0 Å². The summed E-state index contributed by atoms with van der Waals surface area (Å²) in [6.07, 6.45) is 2.12. The largest absolute Gasteiger partial charge is 0.381 e. The average molecular weight is 279 g/mol. The van der Waals surface area contributed by atoms with Crippen molar-refractivity contribution in [1.82, 2.24) is 9.78 Å². The number of hydrogen-bond donors (Lipinski definition) is 2. The van der Waals surface area contributed by atoms with Gasteiger partial charge in [-0.2, -0.15) is 0 Å². The second-order valence-corrected chi connectivity index (χ2v) is 6.02. The Bertz CT molecular complexity index is 567. The first-order valence-electron chi connectivity index (χ1n) is 7.30. The number of H-pyrrole nitrogens is 1. The summed E-state index contributed by atoms with van der Waals surface area (Å²) in [5.41, 5.74) is 0.677. The first-order chi connectivity index (χ1) is 9.58. The van der Waals surface area contributed by atoms with Gasteiger partial charge in [0, 0.05) is 25.6 Å². The fraction of sp³-hybridized carbons (Fsp3) is 0.714. The van der Waals surface area contributed by atoms with Crippen LogP contribution < -0.4 is 10.9 Å². The smallest absolute Gasteiger partial charge is 0.269 e. The number of aromatic nitrogens is 2. The van der Waals surface area contributed by atoms with Crippen LogP contribution in [0.15, 0.2) is 4.79 Å². The van der Waals surface area contributed by atoms with Crippen LogP contribution in [-0.2, 0) is 9.53 Å².